The predicted octanol–water partition coefficient (Wildman–Crippen LogP) is 3.45. The van der Waals surface area contributed by atoms with Gasteiger partial charge in [-0.15, -0.1) is 0 Å². The third-order valence-corrected chi connectivity index (χ3v) is 5.80. The second kappa shape index (κ2) is 7.47. The van der Waals surface area contributed by atoms with Crippen LogP contribution in [0.4, 0.5) is 15.8 Å². The molecule has 0 saturated carbocycles. The van der Waals surface area contributed by atoms with Crippen LogP contribution in [0.5, 0.6) is 5.75 Å². The summed E-state index contributed by atoms with van der Waals surface area (Å²) in [5, 5.41) is 2.50. The van der Waals surface area contributed by atoms with Crippen LogP contribution in [0.15, 0.2) is 40.9 Å². The van der Waals surface area contributed by atoms with Gasteiger partial charge in [-0.3, -0.25) is 9.10 Å². The molecule has 1 N–H and O–H groups in total. The molecule has 0 bridgehead atoms. The number of nitrogens with one attached hydrogen (secondary N) is 1. The molecule has 1 aliphatic heterocycles. The van der Waals surface area contributed by atoms with Gasteiger partial charge in [0.1, 0.15) is 11.6 Å². The summed E-state index contributed by atoms with van der Waals surface area (Å²) < 4.78 is 45.9. The highest BCUT2D eigenvalue weighted by Crippen LogP contribution is 2.35. The molecule has 0 unspecified atom stereocenters. The Morgan fingerprint density at radius 1 is 1.30 bits per heavy atom. The number of carbonyl (C=O) groups is 1. The van der Waals surface area contributed by atoms with Crippen molar-refractivity contribution in [3.63, 3.8) is 0 Å². The lowest BCUT2D eigenvalue weighted by Gasteiger charge is -2.21. The Kier molecular flexibility index (Phi) is 5.43. The Morgan fingerprint density at radius 2 is 2.04 bits per heavy atom. The van der Waals surface area contributed by atoms with Gasteiger partial charge in [0.05, 0.1) is 17.6 Å². The van der Waals surface area contributed by atoms with Gasteiger partial charge in [-0.25, -0.2) is 12.8 Å². The molecule has 2 aromatic rings. The number of hydrogen-bond acceptors (Lipinski definition) is 4. The molecule has 0 spiro atoms. The number of fused-ring (bicyclic) bond motifs is 1. The van der Waals surface area contributed by atoms with Crippen LogP contribution in [-0.2, 0) is 14.8 Å². The summed E-state index contributed by atoms with van der Waals surface area (Å²) in [4.78, 5) is 12.6. The first kappa shape index (κ1) is 19.6. The molecule has 0 aliphatic carbocycles. The lowest BCUT2D eigenvalue weighted by molar-refractivity contribution is -0.122. The van der Waals surface area contributed by atoms with Crippen molar-refractivity contribution in [3.8, 4) is 5.75 Å². The van der Waals surface area contributed by atoms with Gasteiger partial charge in [0.25, 0.3) is 5.91 Å². The maximum Gasteiger partial charge on any atom is 0.265 e. The average molecular weight is 457 g/mol. The third kappa shape index (κ3) is 4.41. The van der Waals surface area contributed by atoms with E-state index in [-0.39, 0.29) is 18.7 Å². The average Bonchev–Trinajstić information content (AvgIpc) is 2.76. The number of benzene rings is 2. The van der Waals surface area contributed by atoms with E-state index in [0.29, 0.717) is 15.9 Å². The summed E-state index contributed by atoms with van der Waals surface area (Å²) in [7, 11) is -3.54. The molecule has 3 rings (SSSR count). The minimum absolute atomic E-state index is 0.0279. The molecule has 1 amide bonds. The van der Waals surface area contributed by atoms with Crippen molar-refractivity contribution < 1.29 is 22.3 Å². The number of anilines is 2. The maximum absolute atomic E-state index is 14.0. The number of aryl methyl sites for hydroxylation is 1. The smallest absolute Gasteiger partial charge is 0.265 e. The second-order valence-electron chi connectivity index (χ2n) is 6.31. The van der Waals surface area contributed by atoms with Crippen LogP contribution in [0.2, 0.25) is 0 Å². The fourth-order valence-corrected chi connectivity index (χ4v) is 4.09. The molecule has 1 aliphatic rings. The number of nitrogens with zero attached hydrogens (tertiary/aromatic N) is 1. The number of halogens is 2. The summed E-state index contributed by atoms with van der Waals surface area (Å²) in [5.74, 6) is -0.835. The highest BCUT2D eigenvalue weighted by molar-refractivity contribution is 9.10. The van der Waals surface area contributed by atoms with Crippen LogP contribution in [0, 0.1) is 12.7 Å². The Labute approximate surface area is 165 Å². The molecule has 6 nitrogen and oxygen atoms in total. The number of amides is 1. The summed E-state index contributed by atoms with van der Waals surface area (Å²) in [6.07, 6.45) is 0.280. The Morgan fingerprint density at radius 3 is 2.70 bits per heavy atom. The maximum atomic E-state index is 14.0. The molecule has 27 heavy (non-hydrogen) atoms. The fourth-order valence-electron chi connectivity index (χ4n) is 2.82. The van der Waals surface area contributed by atoms with E-state index < -0.39 is 27.9 Å². The van der Waals surface area contributed by atoms with Crippen molar-refractivity contribution >= 4 is 43.2 Å². The number of hydrogen-bond donors (Lipinski definition) is 1. The van der Waals surface area contributed by atoms with E-state index in [4.69, 9.17) is 4.74 Å². The molecule has 0 saturated heterocycles. The van der Waals surface area contributed by atoms with E-state index in [1.54, 1.807) is 24.3 Å². The van der Waals surface area contributed by atoms with E-state index in [9.17, 15) is 17.6 Å². The molecule has 1 heterocycles. The third-order valence-electron chi connectivity index (χ3n) is 4.13. The fraction of sp³-hybridized carbons (Fsp3) is 0.278. The van der Waals surface area contributed by atoms with Crippen LogP contribution in [0.3, 0.4) is 0 Å². The largest absolute Gasteiger partial charge is 0.478 e. The van der Waals surface area contributed by atoms with Crippen LogP contribution < -0.4 is 14.4 Å². The first-order valence-corrected chi connectivity index (χ1v) is 10.8. The van der Waals surface area contributed by atoms with Gasteiger partial charge in [-0.05, 0) is 42.8 Å². The normalized spacial score (nSPS) is 16.9. The first-order chi connectivity index (χ1) is 12.6. The number of sulfonamides is 1. The second-order valence-corrected chi connectivity index (χ2v) is 9.14. The minimum atomic E-state index is -3.54. The summed E-state index contributed by atoms with van der Waals surface area (Å²) >= 11 is 3.16. The zero-order valence-electron chi connectivity index (χ0n) is 14.7. The lowest BCUT2D eigenvalue weighted by Crippen LogP contribution is -2.36. The number of carbonyl (C=O) groups excluding carboxylic acids is 1. The summed E-state index contributed by atoms with van der Waals surface area (Å²) in [6, 6.07) is 9.39. The van der Waals surface area contributed by atoms with Gasteiger partial charge >= 0.3 is 0 Å². The molecule has 9 heteroatoms. The molecule has 0 fully saturated rings. The van der Waals surface area contributed by atoms with E-state index in [0.717, 1.165) is 11.8 Å². The van der Waals surface area contributed by atoms with Crippen molar-refractivity contribution in [2.24, 2.45) is 0 Å². The lowest BCUT2D eigenvalue weighted by atomic mass is 10.2. The van der Waals surface area contributed by atoms with Gasteiger partial charge in [-0.2, -0.15) is 0 Å². The highest BCUT2D eigenvalue weighted by Gasteiger charge is 2.31. The van der Waals surface area contributed by atoms with E-state index in [1.807, 2.05) is 6.92 Å². The summed E-state index contributed by atoms with van der Waals surface area (Å²) in [6.45, 7) is 1.92. The first-order valence-electron chi connectivity index (χ1n) is 8.16. The molecular formula is C18H18BrFN2O4S. The van der Waals surface area contributed by atoms with Gasteiger partial charge in [0, 0.05) is 17.4 Å². The van der Waals surface area contributed by atoms with Gasteiger partial charge < -0.3 is 10.1 Å². The van der Waals surface area contributed by atoms with E-state index in [1.165, 1.54) is 16.4 Å². The standard InChI is InChI=1S/C18H18BrFN2O4S/c1-11-3-6-16-15(9-11)22(27(2,24)25)8-7-17(26-16)18(23)21-14-5-4-12(19)10-13(14)20/h3-6,9-10,17H,7-8H2,1-2H3,(H,21,23)/t17-/m0/s1. The minimum Gasteiger partial charge on any atom is -0.478 e. The van der Waals surface area contributed by atoms with Crippen molar-refractivity contribution in [1.29, 1.82) is 0 Å². The Balaban J connectivity index is 1.88. The van der Waals surface area contributed by atoms with Crippen LogP contribution >= 0.6 is 15.9 Å². The highest BCUT2D eigenvalue weighted by atomic mass is 79.9. The predicted molar refractivity (Wildman–Crippen MR) is 105 cm³/mol. The van der Waals surface area contributed by atoms with E-state index >= 15 is 0 Å². The van der Waals surface area contributed by atoms with E-state index in [2.05, 4.69) is 21.2 Å². The molecular weight excluding hydrogens is 439 g/mol. The van der Waals surface area contributed by atoms with Gasteiger partial charge in [0.2, 0.25) is 10.0 Å². The van der Waals surface area contributed by atoms with Crippen LogP contribution in [0.1, 0.15) is 12.0 Å². The van der Waals surface area contributed by atoms with Crippen molar-refractivity contribution in [2.45, 2.75) is 19.4 Å². The monoisotopic (exact) mass is 456 g/mol. The number of ether oxygens (including phenoxy) is 1. The Bertz CT molecular complexity index is 997. The van der Waals surface area contributed by atoms with Crippen molar-refractivity contribution in [3.05, 3.63) is 52.3 Å². The van der Waals surface area contributed by atoms with Gasteiger partial charge in [0.15, 0.2) is 6.10 Å². The topological polar surface area (TPSA) is 75.7 Å². The SMILES string of the molecule is Cc1ccc2c(c1)N(S(C)(=O)=O)CC[C@@H](C(=O)Nc1ccc(Br)cc1F)O2. The summed E-state index contributed by atoms with van der Waals surface area (Å²) in [5.41, 5.74) is 1.29. The van der Waals surface area contributed by atoms with Crippen molar-refractivity contribution in [1.82, 2.24) is 0 Å². The van der Waals surface area contributed by atoms with Crippen molar-refractivity contribution in [2.75, 3.05) is 22.4 Å². The van der Waals surface area contributed by atoms with Crippen LogP contribution in [-0.4, -0.2) is 33.2 Å². The molecule has 1 atom stereocenters. The zero-order valence-corrected chi connectivity index (χ0v) is 17.1. The number of rotatable bonds is 3. The Hall–Kier alpha value is -2.13. The van der Waals surface area contributed by atoms with Crippen LogP contribution in [0.25, 0.3) is 0 Å². The molecule has 2 aromatic carbocycles. The zero-order chi connectivity index (χ0) is 19.8. The quantitative estimate of drug-likeness (QED) is 0.767. The van der Waals surface area contributed by atoms with Gasteiger partial charge in [-0.1, -0.05) is 22.0 Å². The molecule has 144 valence electrons. The molecule has 0 aromatic heterocycles. The molecule has 0 radical (unpaired) electrons.